The van der Waals surface area contributed by atoms with Crippen LogP contribution in [0.1, 0.15) is 0 Å². The van der Waals surface area contributed by atoms with E-state index in [1.165, 1.54) is 48.9 Å². The van der Waals surface area contributed by atoms with Gasteiger partial charge in [-0.15, -0.1) is 11.3 Å². The SMILES string of the molecule is c1ccc(-c2cccc(-c3ccc4oc5c(-c6nc(-c7ccccc7)nc(-c7cccc8c7sc7cccc(-c9ccccc9-c9ccccc9)c78)n6)cccc5c4c3)c2)cc1. The number of nitrogens with zero attached hydrogens (tertiary/aromatic N) is 3. The maximum absolute atomic E-state index is 6.72. The van der Waals surface area contributed by atoms with E-state index in [0.29, 0.717) is 17.5 Å². The molecule has 0 atom stereocenters. The molecule has 0 bridgehead atoms. The molecule has 0 unspecified atom stereocenters. The molecule has 3 heterocycles. The Labute approximate surface area is 362 Å². The summed E-state index contributed by atoms with van der Waals surface area (Å²) in [5.74, 6) is 1.78. The topological polar surface area (TPSA) is 51.8 Å². The summed E-state index contributed by atoms with van der Waals surface area (Å²) in [4.78, 5) is 15.7. The van der Waals surface area contributed by atoms with Crippen LogP contribution >= 0.6 is 11.3 Å². The fourth-order valence-corrected chi connectivity index (χ4v) is 10.1. The fraction of sp³-hybridized carbons (Fsp3) is 0. The van der Waals surface area contributed by atoms with Crippen LogP contribution in [0.15, 0.2) is 217 Å². The first kappa shape index (κ1) is 35.9. The monoisotopic (exact) mass is 809 g/mol. The minimum Gasteiger partial charge on any atom is -0.455 e. The molecule has 9 aromatic carbocycles. The molecule has 0 fully saturated rings. The highest BCUT2D eigenvalue weighted by Crippen LogP contribution is 2.46. The molecule has 0 aliphatic carbocycles. The molecule has 62 heavy (non-hydrogen) atoms. The number of rotatable bonds is 7. The fourth-order valence-electron chi connectivity index (χ4n) is 8.83. The normalized spacial score (nSPS) is 11.5. The first-order chi connectivity index (χ1) is 30.7. The van der Waals surface area contributed by atoms with Crippen LogP contribution in [-0.2, 0) is 0 Å². The first-order valence-corrected chi connectivity index (χ1v) is 21.6. The number of fused-ring (bicyclic) bond motifs is 6. The van der Waals surface area contributed by atoms with Crippen molar-refractivity contribution in [3.8, 4) is 78.7 Å². The van der Waals surface area contributed by atoms with Gasteiger partial charge in [0.2, 0.25) is 0 Å². The Morgan fingerprint density at radius 3 is 1.63 bits per heavy atom. The third-order valence-corrected chi connectivity index (χ3v) is 13.0. The zero-order valence-corrected chi connectivity index (χ0v) is 34.2. The van der Waals surface area contributed by atoms with Crippen molar-refractivity contribution in [2.45, 2.75) is 0 Å². The quantitative estimate of drug-likeness (QED) is 0.161. The minimum atomic E-state index is 0.560. The van der Waals surface area contributed by atoms with Crippen LogP contribution in [0, 0.1) is 0 Å². The number of furan rings is 1. The Hall–Kier alpha value is -7.99. The zero-order valence-electron chi connectivity index (χ0n) is 33.4. The van der Waals surface area contributed by atoms with Gasteiger partial charge in [0, 0.05) is 42.1 Å². The molecule has 12 aromatic rings. The van der Waals surface area contributed by atoms with E-state index in [-0.39, 0.29) is 0 Å². The van der Waals surface area contributed by atoms with Gasteiger partial charge in [0.05, 0.1) is 5.56 Å². The van der Waals surface area contributed by atoms with E-state index in [1.807, 2.05) is 24.3 Å². The van der Waals surface area contributed by atoms with Crippen molar-refractivity contribution < 1.29 is 4.42 Å². The molecule has 0 spiro atoms. The Kier molecular flexibility index (Phi) is 8.65. The van der Waals surface area contributed by atoms with Gasteiger partial charge in [0.1, 0.15) is 11.2 Å². The molecule has 0 N–H and O–H groups in total. The average Bonchev–Trinajstić information content (AvgIpc) is 3.93. The summed E-state index contributed by atoms with van der Waals surface area (Å²) in [6.07, 6.45) is 0. The number of para-hydroxylation sites is 1. The van der Waals surface area contributed by atoms with Crippen LogP contribution in [0.4, 0.5) is 0 Å². The highest BCUT2D eigenvalue weighted by Gasteiger charge is 2.21. The van der Waals surface area contributed by atoms with E-state index in [1.54, 1.807) is 11.3 Å². The molecule has 0 saturated heterocycles. The van der Waals surface area contributed by atoms with Gasteiger partial charge in [-0.3, -0.25) is 0 Å². The number of aromatic nitrogens is 3. The molecule has 5 heteroatoms. The molecule has 12 rings (SSSR count). The Morgan fingerprint density at radius 2 is 0.855 bits per heavy atom. The Morgan fingerprint density at radius 1 is 0.323 bits per heavy atom. The average molecular weight is 810 g/mol. The summed E-state index contributed by atoms with van der Waals surface area (Å²) < 4.78 is 9.07. The molecular formula is C57H35N3OS. The van der Waals surface area contributed by atoms with Crippen molar-refractivity contribution >= 4 is 53.4 Å². The predicted molar refractivity (Wildman–Crippen MR) is 258 cm³/mol. The van der Waals surface area contributed by atoms with E-state index in [9.17, 15) is 0 Å². The summed E-state index contributed by atoms with van der Waals surface area (Å²) in [7, 11) is 0. The Bertz CT molecular complexity index is 3630. The lowest BCUT2D eigenvalue weighted by molar-refractivity contribution is 0.669. The number of hydrogen-bond donors (Lipinski definition) is 0. The largest absolute Gasteiger partial charge is 0.455 e. The number of hydrogen-bond acceptors (Lipinski definition) is 5. The van der Waals surface area contributed by atoms with Gasteiger partial charge < -0.3 is 4.42 Å². The molecule has 0 aliphatic heterocycles. The predicted octanol–water partition coefficient (Wildman–Crippen LogP) is 15.8. The molecule has 0 radical (unpaired) electrons. The van der Waals surface area contributed by atoms with E-state index >= 15 is 0 Å². The summed E-state index contributed by atoms with van der Waals surface area (Å²) >= 11 is 1.78. The molecule has 3 aromatic heterocycles. The van der Waals surface area contributed by atoms with Gasteiger partial charge in [-0.1, -0.05) is 176 Å². The van der Waals surface area contributed by atoms with E-state index in [2.05, 4.69) is 188 Å². The van der Waals surface area contributed by atoms with Crippen LogP contribution < -0.4 is 0 Å². The molecule has 290 valence electrons. The third-order valence-electron chi connectivity index (χ3n) is 11.8. The van der Waals surface area contributed by atoms with Crippen molar-refractivity contribution in [1.82, 2.24) is 15.0 Å². The lowest BCUT2D eigenvalue weighted by Gasteiger charge is -2.12. The van der Waals surface area contributed by atoms with Gasteiger partial charge in [-0.25, -0.2) is 15.0 Å². The summed E-state index contributed by atoms with van der Waals surface area (Å²) in [6, 6.07) is 74.5. The van der Waals surface area contributed by atoms with Crippen LogP contribution in [0.25, 0.3) is 121 Å². The van der Waals surface area contributed by atoms with Crippen molar-refractivity contribution in [3.63, 3.8) is 0 Å². The third kappa shape index (κ3) is 6.18. The minimum absolute atomic E-state index is 0.560. The van der Waals surface area contributed by atoms with Crippen LogP contribution in [0.5, 0.6) is 0 Å². The second kappa shape index (κ2) is 14.9. The maximum atomic E-state index is 6.72. The van der Waals surface area contributed by atoms with Gasteiger partial charge in [0.25, 0.3) is 0 Å². The second-order valence-electron chi connectivity index (χ2n) is 15.5. The standard InChI is InChI=1S/C57H35N3OS/c1-4-16-36(17-5-1)39-22-12-23-40(34-39)41-32-33-50-49(35-41)45-27-13-29-47(53(45)61-50)56-58-55(38-20-8-3-9-21-38)59-57(60-56)48-30-14-28-46-52-44(26-15-31-51(52)62-54(46)48)43-25-11-10-24-42(43)37-18-6-2-7-19-37/h1-35H. The van der Waals surface area contributed by atoms with E-state index in [4.69, 9.17) is 19.4 Å². The summed E-state index contributed by atoms with van der Waals surface area (Å²) in [5, 5.41) is 4.46. The summed E-state index contributed by atoms with van der Waals surface area (Å²) in [5.41, 5.74) is 13.7. The van der Waals surface area contributed by atoms with Crippen molar-refractivity contribution in [1.29, 1.82) is 0 Å². The highest BCUT2D eigenvalue weighted by molar-refractivity contribution is 7.26. The van der Waals surface area contributed by atoms with Gasteiger partial charge in [-0.05, 0) is 80.9 Å². The first-order valence-electron chi connectivity index (χ1n) is 20.8. The van der Waals surface area contributed by atoms with Gasteiger partial charge >= 0.3 is 0 Å². The van der Waals surface area contributed by atoms with Crippen LogP contribution in [-0.4, -0.2) is 15.0 Å². The van der Waals surface area contributed by atoms with E-state index in [0.717, 1.165) is 54.5 Å². The molecule has 0 amide bonds. The van der Waals surface area contributed by atoms with Crippen LogP contribution in [0.2, 0.25) is 0 Å². The van der Waals surface area contributed by atoms with Crippen LogP contribution in [0.3, 0.4) is 0 Å². The molecule has 4 nitrogen and oxygen atoms in total. The number of benzene rings is 9. The lowest BCUT2D eigenvalue weighted by Crippen LogP contribution is -2.00. The van der Waals surface area contributed by atoms with Gasteiger partial charge in [0.15, 0.2) is 17.5 Å². The second-order valence-corrected chi connectivity index (χ2v) is 16.5. The maximum Gasteiger partial charge on any atom is 0.167 e. The van der Waals surface area contributed by atoms with Crippen molar-refractivity contribution in [3.05, 3.63) is 212 Å². The van der Waals surface area contributed by atoms with Crippen molar-refractivity contribution in [2.24, 2.45) is 0 Å². The molecule has 0 aliphatic rings. The Balaban J connectivity index is 1.02. The zero-order chi connectivity index (χ0) is 41.0. The van der Waals surface area contributed by atoms with E-state index < -0.39 is 0 Å². The van der Waals surface area contributed by atoms with Gasteiger partial charge in [-0.2, -0.15) is 0 Å². The van der Waals surface area contributed by atoms with Crippen molar-refractivity contribution in [2.75, 3.05) is 0 Å². The molecular weight excluding hydrogens is 775 g/mol. The highest BCUT2D eigenvalue weighted by atomic mass is 32.1. The lowest BCUT2D eigenvalue weighted by atomic mass is 9.92. The summed E-state index contributed by atoms with van der Waals surface area (Å²) in [6.45, 7) is 0. The number of thiophene rings is 1. The molecule has 0 saturated carbocycles. The smallest absolute Gasteiger partial charge is 0.167 e.